The second-order valence-electron chi connectivity index (χ2n) is 4.51. The summed E-state index contributed by atoms with van der Waals surface area (Å²) in [5.41, 5.74) is 1.55. The van der Waals surface area contributed by atoms with Gasteiger partial charge in [0.25, 0.3) is 5.91 Å². The summed E-state index contributed by atoms with van der Waals surface area (Å²) in [6, 6.07) is 6.69. The Morgan fingerprint density at radius 1 is 1.30 bits per heavy atom. The SMILES string of the molecule is Cc1cc(C)n(C(=O)[C@H](C)Oc2cc(Cl)ccc2Cl)n1. The van der Waals surface area contributed by atoms with Crippen LogP contribution in [0, 0.1) is 13.8 Å². The van der Waals surface area contributed by atoms with Gasteiger partial charge in [0.2, 0.25) is 0 Å². The molecule has 2 aromatic rings. The number of nitrogens with zero attached hydrogens (tertiary/aromatic N) is 2. The average molecular weight is 313 g/mol. The summed E-state index contributed by atoms with van der Waals surface area (Å²) >= 11 is 11.9. The molecule has 2 rings (SSSR count). The second kappa shape index (κ2) is 5.85. The highest BCUT2D eigenvalue weighted by Gasteiger charge is 2.20. The van der Waals surface area contributed by atoms with E-state index in [1.165, 1.54) is 4.68 Å². The van der Waals surface area contributed by atoms with Crippen molar-refractivity contribution in [2.75, 3.05) is 0 Å². The van der Waals surface area contributed by atoms with Crippen molar-refractivity contribution in [2.24, 2.45) is 0 Å². The first-order valence-corrected chi connectivity index (χ1v) is 6.83. The van der Waals surface area contributed by atoms with Crippen LogP contribution in [0.25, 0.3) is 0 Å². The third kappa shape index (κ3) is 3.14. The fourth-order valence-electron chi connectivity index (χ4n) is 1.83. The molecule has 0 saturated carbocycles. The third-order valence-electron chi connectivity index (χ3n) is 2.76. The Kier molecular flexibility index (Phi) is 4.35. The van der Waals surface area contributed by atoms with Gasteiger partial charge in [-0.3, -0.25) is 4.79 Å². The number of halogens is 2. The molecule has 0 unspecified atom stereocenters. The van der Waals surface area contributed by atoms with Crippen molar-refractivity contribution in [3.63, 3.8) is 0 Å². The molecule has 0 radical (unpaired) electrons. The molecular weight excluding hydrogens is 299 g/mol. The van der Waals surface area contributed by atoms with E-state index in [0.717, 1.165) is 11.4 Å². The van der Waals surface area contributed by atoms with E-state index in [9.17, 15) is 4.79 Å². The molecule has 6 heteroatoms. The molecule has 4 nitrogen and oxygen atoms in total. The molecule has 1 aromatic heterocycles. The van der Waals surface area contributed by atoms with Crippen LogP contribution in [0.15, 0.2) is 24.3 Å². The topological polar surface area (TPSA) is 44.1 Å². The van der Waals surface area contributed by atoms with Crippen molar-refractivity contribution in [1.82, 2.24) is 9.78 Å². The van der Waals surface area contributed by atoms with Gasteiger partial charge in [-0.05, 0) is 39.0 Å². The fraction of sp³-hybridized carbons (Fsp3) is 0.286. The summed E-state index contributed by atoms with van der Waals surface area (Å²) in [4.78, 5) is 12.3. The van der Waals surface area contributed by atoms with Crippen molar-refractivity contribution in [2.45, 2.75) is 26.9 Å². The normalized spacial score (nSPS) is 12.2. The highest BCUT2D eigenvalue weighted by atomic mass is 35.5. The summed E-state index contributed by atoms with van der Waals surface area (Å²) in [6.45, 7) is 5.29. The number of aromatic nitrogens is 2. The lowest BCUT2D eigenvalue weighted by atomic mass is 10.3. The number of hydrogen-bond acceptors (Lipinski definition) is 3. The molecule has 0 saturated heterocycles. The molecule has 1 heterocycles. The van der Waals surface area contributed by atoms with E-state index in [0.29, 0.717) is 15.8 Å². The molecule has 0 aliphatic rings. The number of rotatable bonds is 3. The van der Waals surface area contributed by atoms with E-state index >= 15 is 0 Å². The Hall–Kier alpha value is -1.52. The van der Waals surface area contributed by atoms with Gasteiger partial charge in [0, 0.05) is 16.8 Å². The molecule has 0 spiro atoms. The Morgan fingerprint density at radius 2 is 2.00 bits per heavy atom. The van der Waals surface area contributed by atoms with Crippen LogP contribution in [0.4, 0.5) is 0 Å². The second-order valence-corrected chi connectivity index (χ2v) is 5.36. The number of carbonyl (C=O) groups is 1. The fourth-order valence-corrected chi connectivity index (χ4v) is 2.16. The molecule has 1 aromatic carbocycles. The molecule has 0 amide bonds. The first kappa shape index (κ1) is 14.9. The number of hydrogen-bond donors (Lipinski definition) is 0. The standard InChI is InChI=1S/C14H14Cl2N2O2/c1-8-6-9(2)18(17-8)14(19)10(3)20-13-7-11(15)4-5-12(13)16/h4-7,10H,1-3H3/t10-/m0/s1. The highest BCUT2D eigenvalue weighted by Crippen LogP contribution is 2.28. The maximum Gasteiger partial charge on any atom is 0.287 e. The van der Waals surface area contributed by atoms with E-state index in [-0.39, 0.29) is 5.91 Å². The molecule has 0 aliphatic heterocycles. The summed E-state index contributed by atoms with van der Waals surface area (Å²) in [6.07, 6.45) is -0.719. The van der Waals surface area contributed by atoms with Crippen molar-refractivity contribution in [1.29, 1.82) is 0 Å². The number of benzene rings is 1. The van der Waals surface area contributed by atoms with E-state index in [2.05, 4.69) is 5.10 Å². The first-order chi connectivity index (χ1) is 9.38. The molecule has 0 fully saturated rings. The predicted octanol–water partition coefficient (Wildman–Crippen LogP) is 3.91. The van der Waals surface area contributed by atoms with Gasteiger partial charge in [-0.2, -0.15) is 5.10 Å². The Labute approximate surface area is 127 Å². The van der Waals surface area contributed by atoms with Crippen LogP contribution >= 0.6 is 23.2 Å². The van der Waals surface area contributed by atoms with Crippen molar-refractivity contribution in [3.05, 3.63) is 45.7 Å². The molecule has 106 valence electrons. The van der Waals surface area contributed by atoms with Crippen LogP contribution < -0.4 is 4.74 Å². The third-order valence-corrected chi connectivity index (χ3v) is 3.31. The van der Waals surface area contributed by atoms with E-state index in [1.807, 2.05) is 19.9 Å². The summed E-state index contributed by atoms with van der Waals surface area (Å²) in [5.74, 6) is 0.119. The van der Waals surface area contributed by atoms with Crippen LogP contribution in [0.3, 0.4) is 0 Å². The molecular formula is C14H14Cl2N2O2. The zero-order valence-electron chi connectivity index (χ0n) is 11.4. The minimum atomic E-state index is -0.719. The van der Waals surface area contributed by atoms with Gasteiger partial charge in [-0.25, -0.2) is 4.68 Å². The number of carbonyl (C=O) groups excluding carboxylic acids is 1. The Balaban J connectivity index is 2.19. The van der Waals surface area contributed by atoms with Gasteiger partial charge in [0.05, 0.1) is 10.7 Å². The zero-order chi connectivity index (χ0) is 14.9. The average Bonchev–Trinajstić information content (AvgIpc) is 2.72. The predicted molar refractivity (Wildman–Crippen MR) is 78.9 cm³/mol. The number of aryl methyl sites for hydroxylation is 2. The maximum atomic E-state index is 12.3. The van der Waals surface area contributed by atoms with Gasteiger partial charge >= 0.3 is 0 Å². The van der Waals surface area contributed by atoms with E-state index < -0.39 is 6.10 Å². The van der Waals surface area contributed by atoms with Gasteiger partial charge in [-0.15, -0.1) is 0 Å². The summed E-state index contributed by atoms with van der Waals surface area (Å²) in [5, 5.41) is 5.04. The van der Waals surface area contributed by atoms with Crippen LogP contribution in [-0.2, 0) is 0 Å². The first-order valence-electron chi connectivity index (χ1n) is 6.07. The lowest BCUT2D eigenvalue weighted by Gasteiger charge is -2.15. The van der Waals surface area contributed by atoms with E-state index in [1.54, 1.807) is 25.1 Å². The molecule has 0 N–H and O–H groups in total. The minimum absolute atomic E-state index is 0.258. The molecule has 20 heavy (non-hydrogen) atoms. The Morgan fingerprint density at radius 3 is 2.60 bits per heavy atom. The van der Waals surface area contributed by atoms with Crippen molar-refractivity contribution >= 4 is 29.1 Å². The van der Waals surface area contributed by atoms with Gasteiger partial charge in [-0.1, -0.05) is 23.2 Å². The number of ether oxygens (including phenoxy) is 1. The Bertz CT molecular complexity index is 653. The van der Waals surface area contributed by atoms with Crippen molar-refractivity contribution in [3.8, 4) is 5.75 Å². The van der Waals surface area contributed by atoms with Crippen LogP contribution in [0.5, 0.6) is 5.75 Å². The smallest absolute Gasteiger partial charge is 0.287 e. The van der Waals surface area contributed by atoms with Gasteiger partial charge in [0.1, 0.15) is 5.75 Å². The molecule has 0 aliphatic carbocycles. The van der Waals surface area contributed by atoms with E-state index in [4.69, 9.17) is 27.9 Å². The van der Waals surface area contributed by atoms with Crippen LogP contribution in [0.2, 0.25) is 10.0 Å². The highest BCUT2D eigenvalue weighted by molar-refractivity contribution is 6.34. The van der Waals surface area contributed by atoms with Crippen LogP contribution in [0.1, 0.15) is 23.1 Å². The van der Waals surface area contributed by atoms with Crippen LogP contribution in [-0.4, -0.2) is 21.8 Å². The summed E-state index contributed by atoms with van der Waals surface area (Å²) < 4.78 is 6.91. The zero-order valence-corrected chi connectivity index (χ0v) is 12.9. The quantitative estimate of drug-likeness (QED) is 0.863. The van der Waals surface area contributed by atoms with Crippen molar-refractivity contribution < 1.29 is 9.53 Å². The van der Waals surface area contributed by atoms with Gasteiger partial charge < -0.3 is 4.74 Å². The minimum Gasteiger partial charge on any atom is -0.479 e. The largest absolute Gasteiger partial charge is 0.479 e. The molecule has 0 bridgehead atoms. The lowest BCUT2D eigenvalue weighted by Crippen LogP contribution is -2.30. The molecule has 1 atom stereocenters. The lowest BCUT2D eigenvalue weighted by molar-refractivity contribution is 0.0707. The summed E-state index contributed by atoms with van der Waals surface area (Å²) in [7, 11) is 0. The maximum absolute atomic E-state index is 12.3. The van der Waals surface area contributed by atoms with Gasteiger partial charge in [0.15, 0.2) is 6.10 Å². The monoisotopic (exact) mass is 312 g/mol.